The molecule has 23 heavy (non-hydrogen) atoms. The number of hydrogen-bond acceptors (Lipinski definition) is 7. The lowest BCUT2D eigenvalue weighted by Gasteiger charge is -2.33. The summed E-state index contributed by atoms with van der Waals surface area (Å²) in [6.07, 6.45) is 7.54. The second-order valence-electron chi connectivity index (χ2n) is 5.29. The van der Waals surface area contributed by atoms with Gasteiger partial charge in [0.2, 0.25) is 0 Å². The number of piperidine rings is 1. The van der Waals surface area contributed by atoms with E-state index in [1.54, 1.807) is 6.20 Å². The Morgan fingerprint density at radius 2 is 2.13 bits per heavy atom. The fraction of sp³-hybridized carbons (Fsp3) is 0.357. The van der Waals surface area contributed by atoms with Crippen molar-refractivity contribution in [3.8, 4) is 0 Å². The number of carbonyl (C=O) groups is 1. The molecule has 3 heterocycles. The second-order valence-corrected chi connectivity index (χ2v) is 5.29. The molecule has 0 radical (unpaired) electrons. The van der Waals surface area contributed by atoms with Gasteiger partial charge in [-0.3, -0.25) is 9.59 Å². The number of nitrogen functional groups attached to an aromatic ring is 1. The first kappa shape index (κ1) is 14.9. The molecule has 1 aliphatic heterocycles. The number of anilines is 2. The molecule has 0 aliphatic carbocycles. The SMILES string of the molecule is Nc1nccnc1C(=O)N[C@H]1CCCN(c2ncc[nH]c2=O)C1. The van der Waals surface area contributed by atoms with Gasteiger partial charge in [0.25, 0.3) is 11.5 Å². The molecule has 120 valence electrons. The molecule has 3 rings (SSSR count). The molecule has 2 aromatic heterocycles. The maximum absolute atomic E-state index is 12.2. The predicted molar refractivity (Wildman–Crippen MR) is 84.0 cm³/mol. The zero-order valence-electron chi connectivity index (χ0n) is 12.4. The van der Waals surface area contributed by atoms with E-state index in [0.717, 1.165) is 19.4 Å². The molecular formula is C14H17N7O2. The van der Waals surface area contributed by atoms with Crippen molar-refractivity contribution in [3.05, 3.63) is 40.8 Å². The van der Waals surface area contributed by atoms with Gasteiger partial charge in [0, 0.05) is 43.9 Å². The Morgan fingerprint density at radius 1 is 1.30 bits per heavy atom. The van der Waals surface area contributed by atoms with E-state index < -0.39 is 0 Å². The third-order valence-corrected chi connectivity index (χ3v) is 3.69. The summed E-state index contributed by atoms with van der Waals surface area (Å²) in [5, 5.41) is 2.89. The van der Waals surface area contributed by atoms with Crippen molar-refractivity contribution < 1.29 is 4.79 Å². The Hall–Kier alpha value is -2.97. The van der Waals surface area contributed by atoms with E-state index in [-0.39, 0.29) is 29.0 Å². The van der Waals surface area contributed by atoms with Crippen molar-refractivity contribution in [3.63, 3.8) is 0 Å². The van der Waals surface area contributed by atoms with Crippen molar-refractivity contribution >= 4 is 17.5 Å². The maximum Gasteiger partial charge on any atom is 0.290 e. The highest BCUT2D eigenvalue weighted by molar-refractivity contribution is 5.96. The van der Waals surface area contributed by atoms with Crippen LogP contribution < -0.4 is 21.5 Å². The van der Waals surface area contributed by atoms with E-state index in [1.165, 1.54) is 18.6 Å². The molecule has 1 fully saturated rings. The zero-order valence-corrected chi connectivity index (χ0v) is 12.4. The van der Waals surface area contributed by atoms with Crippen LogP contribution in [-0.2, 0) is 0 Å². The quantitative estimate of drug-likeness (QED) is 0.698. The Balaban J connectivity index is 1.70. The van der Waals surface area contributed by atoms with Crippen LogP contribution in [0.4, 0.5) is 11.6 Å². The second kappa shape index (κ2) is 6.42. The van der Waals surface area contributed by atoms with E-state index in [2.05, 4.69) is 25.3 Å². The molecule has 9 heteroatoms. The highest BCUT2D eigenvalue weighted by Gasteiger charge is 2.25. The fourth-order valence-corrected chi connectivity index (χ4v) is 2.63. The van der Waals surface area contributed by atoms with Gasteiger partial charge in [-0.25, -0.2) is 15.0 Å². The summed E-state index contributed by atoms with van der Waals surface area (Å²) in [4.78, 5) is 40.5. The van der Waals surface area contributed by atoms with Crippen LogP contribution in [0.25, 0.3) is 0 Å². The van der Waals surface area contributed by atoms with Crippen molar-refractivity contribution in [2.24, 2.45) is 0 Å². The minimum atomic E-state index is -0.364. The number of hydrogen-bond donors (Lipinski definition) is 3. The normalized spacial score (nSPS) is 17.7. The van der Waals surface area contributed by atoms with Gasteiger partial charge in [0.05, 0.1) is 0 Å². The van der Waals surface area contributed by atoms with Crippen molar-refractivity contribution in [2.75, 3.05) is 23.7 Å². The number of nitrogens with zero attached hydrogens (tertiary/aromatic N) is 4. The summed E-state index contributed by atoms with van der Waals surface area (Å²) in [6.45, 7) is 1.23. The van der Waals surface area contributed by atoms with Crippen LogP contribution in [-0.4, -0.2) is 45.0 Å². The minimum Gasteiger partial charge on any atom is -0.382 e. The van der Waals surface area contributed by atoms with Crippen LogP contribution in [0.15, 0.2) is 29.6 Å². The van der Waals surface area contributed by atoms with Gasteiger partial charge in [-0.15, -0.1) is 0 Å². The van der Waals surface area contributed by atoms with Crippen LogP contribution in [0.2, 0.25) is 0 Å². The molecule has 0 bridgehead atoms. The number of aromatic nitrogens is 4. The van der Waals surface area contributed by atoms with E-state index in [4.69, 9.17) is 5.73 Å². The number of aromatic amines is 1. The molecule has 0 unspecified atom stereocenters. The van der Waals surface area contributed by atoms with Gasteiger partial charge in [0.1, 0.15) is 0 Å². The summed E-state index contributed by atoms with van der Waals surface area (Å²) < 4.78 is 0. The van der Waals surface area contributed by atoms with Gasteiger partial charge in [-0.05, 0) is 12.8 Å². The maximum atomic E-state index is 12.2. The van der Waals surface area contributed by atoms with Gasteiger partial charge in [0.15, 0.2) is 17.3 Å². The summed E-state index contributed by atoms with van der Waals surface area (Å²) in [7, 11) is 0. The van der Waals surface area contributed by atoms with E-state index >= 15 is 0 Å². The fourth-order valence-electron chi connectivity index (χ4n) is 2.63. The number of amides is 1. The number of rotatable bonds is 3. The highest BCUT2D eigenvalue weighted by Crippen LogP contribution is 2.15. The molecule has 0 aromatic carbocycles. The molecule has 1 amide bonds. The number of nitrogens with two attached hydrogens (primary N) is 1. The molecule has 1 atom stereocenters. The van der Waals surface area contributed by atoms with Crippen LogP contribution in [0.1, 0.15) is 23.3 Å². The van der Waals surface area contributed by atoms with Gasteiger partial charge < -0.3 is 20.9 Å². The van der Waals surface area contributed by atoms with Gasteiger partial charge in [-0.2, -0.15) is 0 Å². The van der Waals surface area contributed by atoms with Gasteiger partial charge in [-0.1, -0.05) is 0 Å². The van der Waals surface area contributed by atoms with Crippen molar-refractivity contribution in [1.82, 2.24) is 25.3 Å². The number of carbonyl (C=O) groups excluding carboxylic acids is 1. The smallest absolute Gasteiger partial charge is 0.290 e. The first-order valence-corrected chi connectivity index (χ1v) is 7.31. The Bertz CT molecular complexity index is 761. The Labute approximate surface area is 132 Å². The Morgan fingerprint density at radius 3 is 2.91 bits per heavy atom. The average Bonchev–Trinajstić information content (AvgIpc) is 2.56. The molecule has 4 N–H and O–H groups in total. The van der Waals surface area contributed by atoms with Crippen LogP contribution in [0, 0.1) is 0 Å². The molecule has 1 aliphatic rings. The number of H-pyrrole nitrogens is 1. The summed E-state index contributed by atoms with van der Waals surface area (Å²) in [6, 6.07) is -0.112. The molecule has 1 saturated heterocycles. The molecule has 9 nitrogen and oxygen atoms in total. The van der Waals surface area contributed by atoms with Crippen LogP contribution in [0.3, 0.4) is 0 Å². The van der Waals surface area contributed by atoms with Gasteiger partial charge >= 0.3 is 0 Å². The largest absolute Gasteiger partial charge is 0.382 e. The standard InChI is InChI=1S/C14H17N7O2/c15-11-10(16-3-4-17-11)13(22)20-9-2-1-7-21(8-9)12-14(23)19-6-5-18-12/h3-6,9H,1-2,7-8H2,(H2,15,17)(H,19,23)(H,20,22)/t9-/m0/s1. The third kappa shape index (κ3) is 3.28. The van der Waals surface area contributed by atoms with E-state index in [9.17, 15) is 9.59 Å². The van der Waals surface area contributed by atoms with Crippen molar-refractivity contribution in [2.45, 2.75) is 18.9 Å². The summed E-state index contributed by atoms with van der Waals surface area (Å²) in [5.74, 6) is 0.0988. The molecular weight excluding hydrogens is 298 g/mol. The van der Waals surface area contributed by atoms with Crippen LogP contribution >= 0.6 is 0 Å². The molecule has 2 aromatic rings. The monoisotopic (exact) mass is 315 g/mol. The van der Waals surface area contributed by atoms with E-state index in [1.807, 2.05) is 4.90 Å². The lowest BCUT2D eigenvalue weighted by molar-refractivity contribution is 0.0928. The molecule has 0 spiro atoms. The lowest BCUT2D eigenvalue weighted by Crippen LogP contribution is -2.49. The minimum absolute atomic E-state index is 0.0961. The average molecular weight is 315 g/mol. The summed E-state index contributed by atoms with van der Waals surface area (Å²) in [5.41, 5.74) is 5.54. The topological polar surface area (TPSA) is 130 Å². The highest BCUT2D eigenvalue weighted by atomic mass is 16.2. The first-order valence-electron chi connectivity index (χ1n) is 7.31. The Kier molecular flexibility index (Phi) is 4.18. The van der Waals surface area contributed by atoms with E-state index in [0.29, 0.717) is 12.4 Å². The summed E-state index contributed by atoms with van der Waals surface area (Å²) >= 11 is 0. The van der Waals surface area contributed by atoms with Crippen LogP contribution in [0.5, 0.6) is 0 Å². The first-order chi connectivity index (χ1) is 11.1. The predicted octanol–water partition coefficient (Wildman–Crippen LogP) is -0.459. The lowest BCUT2D eigenvalue weighted by atomic mass is 10.1. The number of nitrogens with one attached hydrogen (secondary N) is 2. The van der Waals surface area contributed by atoms with Crippen molar-refractivity contribution in [1.29, 1.82) is 0 Å². The molecule has 0 saturated carbocycles. The third-order valence-electron chi connectivity index (χ3n) is 3.69. The zero-order chi connectivity index (χ0) is 16.2.